The van der Waals surface area contributed by atoms with E-state index in [2.05, 4.69) is 4.90 Å². The van der Waals surface area contributed by atoms with Crippen LogP contribution in [0.5, 0.6) is 0 Å². The van der Waals surface area contributed by atoms with Crippen molar-refractivity contribution in [3.63, 3.8) is 0 Å². The molecule has 0 atom stereocenters. The van der Waals surface area contributed by atoms with Crippen LogP contribution in [0.15, 0.2) is 18.2 Å². The van der Waals surface area contributed by atoms with Gasteiger partial charge in [0, 0.05) is 6.54 Å². The van der Waals surface area contributed by atoms with Crippen LogP contribution in [0.2, 0.25) is 0 Å². The maximum absolute atomic E-state index is 12.7. The van der Waals surface area contributed by atoms with Gasteiger partial charge < -0.3 is 4.90 Å². The minimum atomic E-state index is -0.157. The zero-order valence-corrected chi connectivity index (χ0v) is 7.76. The van der Waals surface area contributed by atoms with E-state index in [0.717, 1.165) is 12.1 Å². The van der Waals surface area contributed by atoms with Crippen LogP contribution in [0.25, 0.3) is 0 Å². The monoisotopic (exact) mass is 167 g/mol. The van der Waals surface area contributed by atoms with Gasteiger partial charge in [-0.15, -0.1) is 0 Å². The van der Waals surface area contributed by atoms with Crippen LogP contribution in [0.1, 0.15) is 11.1 Å². The number of aryl methyl sites for hydroxylation is 1. The second kappa shape index (κ2) is 3.68. The molecule has 2 heteroatoms. The first-order valence-corrected chi connectivity index (χ1v) is 3.99. The molecular formula is C10H14FN. The Balaban J connectivity index is 2.86. The molecule has 0 radical (unpaired) electrons. The van der Waals surface area contributed by atoms with E-state index in [0.29, 0.717) is 0 Å². The number of nitrogens with zero attached hydrogens (tertiary/aromatic N) is 1. The lowest BCUT2D eigenvalue weighted by Crippen LogP contribution is -2.11. The summed E-state index contributed by atoms with van der Waals surface area (Å²) >= 11 is 0. The number of hydrogen-bond acceptors (Lipinski definition) is 1. The first kappa shape index (κ1) is 9.20. The van der Waals surface area contributed by atoms with E-state index < -0.39 is 0 Å². The van der Waals surface area contributed by atoms with Crippen LogP contribution in [-0.2, 0) is 6.54 Å². The summed E-state index contributed by atoms with van der Waals surface area (Å²) in [7, 11) is 4.01. The molecule has 12 heavy (non-hydrogen) atoms. The lowest BCUT2D eigenvalue weighted by Gasteiger charge is -2.11. The molecule has 0 unspecified atom stereocenters. The Morgan fingerprint density at radius 2 is 2.00 bits per heavy atom. The van der Waals surface area contributed by atoms with E-state index in [1.165, 1.54) is 11.6 Å². The normalized spacial score (nSPS) is 10.8. The molecule has 0 N–H and O–H groups in total. The molecule has 0 saturated heterocycles. The zero-order valence-electron chi connectivity index (χ0n) is 7.76. The summed E-state index contributed by atoms with van der Waals surface area (Å²) in [6.45, 7) is 2.80. The van der Waals surface area contributed by atoms with Gasteiger partial charge in [0.15, 0.2) is 0 Å². The van der Waals surface area contributed by atoms with Crippen LogP contribution < -0.4 is 0 Å². The molecule has 1 nitrogen and oxygen atoms in total. The largest absolute Gasteiger partial charge is 0.305 e. The number of hydrogen-bond donors (Lipinski definition) is 0. The highest BCUT2D eigenvalue weighted by atomic mass is 19.1. The highest BCUT2D eigenvalue weighted by molar-refractivity contribution is 5.26. The predicted octanol–water partition coefficient (Wildman–Crippen LogP) is 2.20. The van der Waals surface area contributed by atoms with E-state index >= 15 is 0 Å². The maximum atomic E-state index is 12.7. The van der Waals surface area contributed by atoms with E-state index in [-0.39, 0.29) is 5.82 Å². The predicted molar refractivity (Wildman–Crippen MR) is 48.5 cm³/mol. The summed E-state index contributed by atoms with van der Waals surface area (Å²) in [5.74, 6) is -0.157. The van der Waals surface area contributed by atoms with Crippen molar-refractivity contribution in [2.45, 2.75) is 13.5 Å². The molecule has 0 amide bonds. The average Bonchev–Trinajstić information content (AvgIpc) is 1.94. The molecule has 0 aliphatic rings. The standard InChI is InChI=1S/C10H14FN/c1-8-6-10(11)5-4-9(8)7-12(2)3/h4-6H,7H2,1-3H3. The number of rotatable bonds is 2. The summed E-state index contributed by atoms with van der Waals surface area (Å²) in [5, 5.41) is 0. The molecule has 0 aliphatic heterocycles. The van der Waals surface area contributed by atoms with Crippen molar-refractivity contribution in [3.8, 4) is 0 Å². The van der Waals surface area contributed by atoms with Crippen LogP contribution in [-0.4, -0.2) is 19.0 Å². The molecule has 0 bridgehead atoms. The fraction of sp³-hybridized carbons (Fsp3) is 0.400. The Bertz CT molecular complexity index is 269. The van der Waals surface area contributed by atoms with E-state index in [1.807, 2.05) is 27.1 Å². The SMILES string of the molecule is Cc1cc(F)ccc1CN(C)C. The van der Waals surface area contributed by atoms with Gasteiger partial charge in [0.2, 0.25) is 0 Å². The lowest BCUT2D eigenvalue weighted by atomic mass is 10.1. The van der Waals surface area contributed by atoms with Crippen molar-refractivity contribution in [2.24, 2.45) is 0 Å². The van der Waals surface area contributed by atoms with Gasteiger partial charge in [0.05, 0.1) is 0 Å². The summed E-state index contributed by atoms with van der Waals surface area (Å²) < 4.78 is 12.7. The molecule has 1 rings (SSSR count). The van der Waals surface area contributed by atoms with Crippen molar-refractivity contribution in [1.82, 2.24) is 4.90 Å². The lowest BCUT2D eigenvalue weighted by molar-refractivity contribution is 0.401. The smallest absolute Gasteiger partial charge is 0.123 e. The molecule has 0 aromatic heterocycles. The van der Waals surface area contributed by atoms with Gasteiger partial charge in [-0.25, -0.2) is 4.39 Å². The average molecular weight is 167 g/mol. The minimum Gasteiger partial charge on any atom is -0.305 e. The van der Waals surface area contributed by atoms with Gasteiger partial charge in [0.25, 0.3) is 0 Å². The third-order valence-electron chi connectivity index (χ3n) is 1.79. The fourth-order valence-electron chi connectivity index (χ4n) is 1.18. The first-order valence-electron chi connectivity index (χ1n) is 3.99. The molecule has 0 heterocycles. The van der Waals surface area contributed by atoms with Crippen LogP contribution in [0.4, 0.5) is 4.39 Å². The summed E-state index contributed by atoms with van der Waals surface area (Å²) in [4.78, 5) is 2.07. The quantitative estimate of drug-likeness (QED) is 0.652. The topological polar surface area (TPSA) is 3.24 Å². The van der Waals surface area contributed by atoms with E-state index in [4.69, 9.17) is 0 Å². The highest BCUT2D eigenvalue weighted by Gasteiger charge is 2.00. The van der Waals surface area contributed by atoms with Crippen molar-refractivity contribution < 1.29 is 4.39 Å². The minimum absolute atomic E-state index is 0.157. The van der Waals surface area contributed by atoms with Crippen molar-refractivity contribution >= 4 is 0 Å². The van der Waals surface area contributed by atoms with Gasteiger partial charge in [-0.1, -0.05) is 6.07 Å². The summed E-state index contributed by atoms with van der Waals surface area (Å²) in [6.07, 6.45) is 0. The van der Waals surface area contributed by atoms with E-state index in [1.54, 1.807) is 6.07 Å². The summed E-state index contributed by atoms with van der Waals surface area (Å²) in [6, 6.07) is 4.91. The van der Waals surface area contributed by atoms with Gasteiger partial charge in [-0.3, -0.25) is 0 Å². The molecular weight excluding hydrogens is 153 g/mol. The number of benzene rings is 1. The highest BCUT2D eigenvalue weighted by Crippen LogP contribution is 2.11. The number of halogens is 1. The molecule has 1 aromatic rings. The van der Waals surface area contributed by atoms with Gasteiger partial charge in [-0.05, 0) is 44.3 Å². The van der Waals surface area contributed by atoms with E-state index in [9.17, 15) is 4.39 Å². The third kappa shape index (κ3) is 2.31. The van der Waals surface area contributed by atoms with Crippen molar-refractivity contribution in [2.75, 3.05) is 14.1 Å². The molecule has 66 valence electrons. The molecule has 0 fully saturated rings. The second-order valence-electron chi connectivity index (χ2n) is 3.31. The van der Waals surface area contributed by atoms with Crippen LogP contribution in [0, 0.1) is 12.7 Å². The molecule has 0 saturated carbocycles. The Kier molecular flexibility index (Phi) is 2.82. The van der Waals surface area contributed by atoms with Crippen molar-refractivity contribution in [1.29, 1.82) is 0 Å². The first-order chi connectivity index (χ1) is 5.59. The Labute approximate surface area is 72.8 Å². The van der Waals surface area contributed by atoms with Crippen LogP contribution >= 0.6 is 0 Å². The van der Waals surface area contributed by atoms with Gasteiger partial charge in [-0.2, -0.15) is 0 Å². The van der Waals surface area contributed by atoms with Crippen LogP contribution in [0.3, 0.4) is 0 Å². The maximum Gasteiger partial charge on any atom is 0.123 e. The third-order valence-corrected chi connectivity index (χ3v) is 1.79. The molecule has 0 spiro atoms. The van der Waals surface area contributed by atoms with Gasteiger partial charge >= 0.3 is 0 Å². The Morgan fingerprint density at radius 3 is 2.50 bits per heavy atom. The fourth-order valence-corrected chi connectivity index (χ4v) is 1.18. The van der Waals surface area contributed by atoms with Gasteiger partial charge in [0.1, 0.15) is 5.82 Å². The Morgan fingerprint density at radius 1 is 1.33 bits per heavy atom. The zero-order chi connectivity index (χ0) is 9.14. The molecule has 0 aliphatic carbocycles. The second-order valence-corrected chi connectivity index (χ2v) is 3.31. The molecule has 1 aromatic carbocycles. The summed E-state index contributed by atoms with van der Waals surface area (Å²) in [5.41, 5.74) is 2.20. The Hall–Kier alpha value is -0.890. The van der Waals surface area contributed by atoms with Crippen molar-refractivity contribution in [3.05, 3.63) is 35.1 Å².